The van der Waals surface area contributed by atoms with E-state index in [1.807, 2.05) is 0 Å². The normalized spacial score (nSPS) is 24.5. The fourth-order valence-corrected chi connectivity index (χ4v) is 2.28. The predicted octanol–water partition coefficient (Wildman–Crippen LogP) is 0.981. The minimum Gasteiger partial charge on any atom is -0.454 e. The summed E-state index contributed by atoms with van der Waals surface area (Å²) in [6.07, 6.45) is 0. The summed E-state index contributed by atoms with van der Waals surface area (Å²) in [5.41, 5.74) is 6.28. The second-order valence-electron chi connectivity index (χ2n) is 4.48. The quantitative estimate of drug-likeness (QED) is 0.846. The number of fused-ring (bicyclic) bond motifs is 1. The molecule has 0 saturated carbocycles. The lowest BCUT2D eigenvalue weighted by atomic mass is 10.0. The van der Waals surface area contributed by atoms with Gasteiger partial charge < -0.3 is 25.3 Å². The molecular formula is C12H13ClN2O4. The summed E-state index contributed by atoms with van der Waals surface area (Å²) in [6.45, 7) is 0.881. The molecule has 102 valence electrons. The summed E-state index contributed by atoms with van der Waals surface area (Å²) in [6, 6.07) is 2.97. The second kappa shape index (κ2) is 4.88. The molecule has 1 amide bonds. The Kier molecular flexibility index (Phi) is 3.22. The molecule has 6 nitrogen and oxygen atoms in total. The number of nitrogens with two attached hydrogens (primary N) is 1. The molecule has 0 bridgehead atoms. The summed E-state index contributed by atoms with van der Waals surface area (Å²) in [5, 5.41) is 3.14. The van der Waals surface area contributed by atoms with Crippen LogP contribution in [-0.2, 0) is 9.53 Å². The van der Waals surface area contributed by atoms with Gasteiger partial charge in [0, 0.05) is 18.2 Å². The van der Waals surface area contributed by atoms with E-state index in [1.54, 1.807) is 12.1 Å². The minimum atomic E-state index is -0.360. The largest absolute Gasteiger partial charge is 0.454 e. The topological polar surface area (TPSA) is 82.8 Å². The van der Waals surface area contributed by atoms with Crippen LogP contribution in [0.25, 0.3) is 0 Å². The third kappa shape index (κ3) is 2.34. The van der Waals surface area contributed by atoms with Gasteiger partial charge in [-0.05, 0) is 0 Å². The van der Waals surface area contributed by atoms with Gasteiger partial charge in [-0.15, -0.1) is 0 Å². The van der Waals surface area contributed by atoms with Crippen LogP contribution in [0.1, 0.15) is 0 Å². The van der Waals surface area contributed by atoms with E-state index in [4.69, 9.17) is 31.5 Å². The van der Waals surface area contributed by atoms with Crippen molar-refractivity contribution in [3.63, 3.8) is 0 Å². The SMILES string of the molecule is NC1COCC1C(=O)Nc1cc2c(cc1Cl)OCO2. The number of hydrogen-bond donors (Lipinski definition) is 2. The molecule has 2 aliphatic rings. The Hall–Kier alpha value is -1.50. The van der Waals surface area contributed by atoms with Gasteiger partial charge in [0.1, 0.15) is 0 Å². The third-order valence-electron chi connectivity index (χ3n) is 3.18. The number of halogens is 1. The molecule has 7 heteroatoms. The Balaban J connectivity index is 1.78. The molecule has 1 aromatic carbocycles. The maximum Gasteiger partial charge on any atom is 0.231 e. The monoisotopic (exact) mass is 284 g/mol. The molecule has 3 N–H and O–H groups in total. The Morgan fingerprint density at radius 1 is 1.32 bits per heavy atom. The van der Waals surface area contributed by atoms with Crippen LogP contribution < -0.4 is 20.5 Å². The van der Waals surface area contributed by atoms with E-state index in [0.29, 0.717) is 35.4 Å². The van der Waals surface area contributed by atoms with Gasteiger partial charge in [0.25, 0.3) is 0 Å². The average Bonchev–Trinajstić information content (AvgIpc) is 2.98. The second-order valence-corrected chi connectivity index (χ2v) is 4.89. The number of amides is 1. The van der Waals surface area contributed by atoms with E-state index in [9.17, 15) is 4.79 Å². The van der Waals surface area contributed by atoms with Crippen LogP contribution in [0.2, 0.25) is 5.02 Å². The molecule has 0 aromatic heterocycles. The van der Waals surface area contributed by atoms with Crippen molar-refractivity contribution in [3.05, 3.63) is 17.2 Å². The van der Waals surface area contributed by atoms with E-state index < -0.39 is 0 Å². The smallest absolute Gasteiger partial charge is 0.231 e. The molecular weight excluding hydrogens is 272 g/mol. The highest BCUT2D eigenvalue weighted by molar-refractivity contribution is 6.34. The van der Waals surface area contributed by atoms with Crippen molar-refractivity contribution in [1.29, 1.82) is 0 Å². The van der Waals surface area contributed by atoms with Gasteiger partial charge in [0.05, 0.1) is 29.8 Å². The first-order chi connectivity index (χ1) is 9.15. The molecule has 2 atom stereocenters. The van der Waals surface area contributed by atoms with E-state index in [-0.39, 0.29) is 24.7 Å². The van der Waals surface area contributed by atoms with Crippen molar-refractivity contribution < 1.29 is 19.0 Å². The number of ether oxygens (including phenoxy) is 3. The summed E-state index contributed by atoms with van der Waals surface area (Å²) >= 11 is 6.08. The molecule has 2 aliphatic heterocycles. The molecule has 3 rings (SSSR count). The fraction of sp³-hybridized carbons (Fsp3) is 0.417. The van der Waals surface area contributed by atoms with Crippen LogP contribution in [0.15, 0.2) is 12.1 Å². The van der Waals surface area contributed by atoms with Crippen LogP contribution in [0, 0.1) is 5.92 Å². The van der Waals surface area contributed by atoms with E-state index in [0.717, 1.165) is 0 Å². The highest BCUT2D eigenvalue weighted by Crippen LogP contribution is 2.39. The Bertz CT molecular complexity index is 523. The molecule has 19 heavy (non-hydrogen) atoms. The Morgan fingerprint density at radius 2 is 2.05 bits per heavy atom. The van der Waals surface area contributed by atoms with Gasteiger partial charge in [0.2, 0.25) is 12.7 Å². The Labute approximate surface area is 114 Å². The maximum absolute atomic E-state index is 12.1. The molecule has 1 saturated heterocycles. The number of anilines is 1. The van der Waals surface area contributed by atoms with Gasteiger partial charge >= 0.3 is 0 Å². The highest BCUT2D eigenvalue weighted by Gasteiger charge is 2.32. The summed E-state index contributed by atoms with van der Waals surface area (Å²) < 4.78 is 15.6. The lowest BCUT2D eigenvalue weighted by Gasteiger charge is -2.14. The molecule has 1 fully saturated rings. The molecule has 1 aromatic rings. The zero-order valence-electron chi connectivity index (χ0n) is 10.0. The van der Waals surface area contributed by atoms with Crippen molar-refractivity contribution in [2.24, 2.45) is 11.7 Å². The number of carbonyl (C=O) groups is 1. The van der Waals surface area contributed by atoms with E-state index in [2.05, 4.69) is 5.32 Å². The first-order valence-electron chi connectivity index (χ1n) is 5.88. The van der Waals surface area contributed by atoms with Crippen LogP contribution in [0.4, 0.5) is 5.69 Å². The first-order valence-corrected chi connectivity index (χ1v) is 6.26. The number of nitrogens with one attached hydrogen (secondary N) is 1. The van der Waals surface area contributed by atoms with Gasteiger partial charge in [-0.2, -0.15) is 0 Å². The molecule has 2 heterocycles. The predicted molar refractivity (Wildman–Crippen MR) is 68.5 cm³/mol. The van der Waals surface area contributed by atoms with Crippen LogP contribution in [0.3, 0.4) is 0 Å². The maximum atomic E-state index is 12.1. The van der Waals surface area contributed by atoms with Crippen molar-refractivity contribution >= 4 is 23.2 Å². The fourth-order valence-electron chi connectivity index (χ4n) is 2.08. The lowest BCUT2D eigenvalue weighted by Crippen LogP contribution is -2.37. The molecule has 0 spiro atoms. The molecule has 0 radical (unpaired) electrons. The number of benzene rings is 1. The highest BCUT2D eigenvalue weighted by atomic mass is 35.5. The Morgan fingerprint density at radius 3 is 2.74 bits per heavy atom. The van der Waals surface area contributed by atoms with Crippen molar-refractivity contribution in [2.75, 3.05) is 25.3 Å². The van der Waals surface area contributed by atoms with E-state index >= 15 is 0 Å². The zero-order chi connectivity index (χ0) is 13.4. The minimum absolute atomic E-state index is 0.157. The van der Waals surface area contributed by atoms with E-state index in [1.165, 1.54) is 0 Å². The van der Waals surface area contributed by atoms with Gasteiger partial charge in [-0.25, -0.2) is 0 Å². The summed E-state index contributed by atoms with van der Waals surface area (Å²) in [4.78, 5) is 12.1. The first kappa shape index (κ1) is 12.5. The number of carbonyl (C=O) groups excluding carboxylic acids is 1. The molecule has 2 unspecified atom stereocenters. The van der Waals surface area contributed by atoms with Crippen molar-refractivity contribution in [1.82, 2.24) is 0 Å². The summed E-state index contributed by atoms with van der Waals surface area (Å²) in [7, 11) is 0. The number of hydrogen-bond acceptors (Lipinski definition) is 5. The summed E-state index contributed by atoms with van der Waals surface area (Å²) in [5.74, 6) is 0.572. The lowest BCUT2D eigenvalue weighted by molar-refractivity contribution is -0.120. The third-order valence-corrected chi connectivity index (χ3v) is 3.49. The van der Waals surface area contributed by atoms with Gasteiger partial charge in [-0.3, -0.25) is 4.79 Å². The van der Waals surface area contributed by atoms with Crippen molar-refractivity contribution in [3.8, 4) is 11.5 Å². The van der Waals surface area contributed by atoms with Gasteiger partial charge in [-0.1, -0.05) is 11.6 Å². The van der Waals surface area contributed by atoms with Crippen LogP contribution in [-0.4, -0.2) is 32.0 Å². The van der Waals surface area contributed by atoms with Crippen LogP contribution >= 0.6 is 11.6 Å². The van der Waals surface area contributed by atoms with Crippen LogP contribution in [0.5, 0.6) is 11.5 Å². The number of rotatable bonds is 2. The molecule has 0 aliphatic carbocycles. The standard InChI is InChI=1S/C12H13ClN2O4/c13-7-1-10-11(19-5-18-10)2-9(7)15-12(16)6-3-17-4-8(6)14/h1-2,6,8H,3-5,14H2,(H,15,16). The zero-order valence-corrected chi connectivity index (χ0v) is 10.8. The van der Waals surface area contributed by atoms with Crippen molar-refractivity contribution in [2.45, 2.75) is 6.04 Å². The average molecular weight is 285 g/mol. The van der Waals surface area contributed by atoms with Gasteiger partial charge in [0.15, 0.2) is 11.5 Å².